The molecule has 0 spiro atoms. The van der Waals surface area contributed by atoms with Gasteiger partial charge in [-0.15, -0.1) is 0 Å². The minimum Gasteiger partial charge on any atom is -0.324 e. The van der Waals surface area contributed by atoms with E-state index in [2.05, 4.69) is 15.3 Å². The van der Waals surface area contributed by atoms with Crippen molar-refractivity contribution in [3.8, 4) is 0 Å². The molecular formula is C10H16N4O. The minimum absolute atomic E-state index is 0.00200. The molecule has 0 bridgehead atoms. The first kappa shape index (κ1) is 11.7. The van der Waals surface area contributed by atoms with Crippen LogP contribution in [0.15, 0.2) is 6.33 Å². The molecular weight excluding hydrogens is 192 g/mol. The van der Waals surface area contributed by atoms with Gasteiger partial charge < -0.3 is 11.1 Å². The average Bonchev–Trinajstić information content (AvgIpc) is 2.22. The molecule has 0 saturated heterocycles. The van der Waals surface area contributed by atoms with Crippen molar-refractivity contribution in [2.75, 3.05) is 13.1 Å². The van der Waals surface area contributed by atoms with Crippen molar-refractivity contribution in [3.63, 3.8) is 0 Å². The highest BCUT2D eigenvalue weighted by atomic mass is 16.1. The van der Waals surface area contributed by atoms with Crippen LogP contribution in [0.1, 0.15) is 17.0 Å². The van der Waals surface area contributed by atoms with Crippen LogP contribution in [0.25, 0.3) is 0 Å². The molecule has 0 atom stereocenters. The molecule has 82 valence electrons. The van der Waals surface area contributed by atoms with Crippen molar-refractivity contribution in [1.82, 2.24) is 15.3 Å². The van der Waals surface area contributed by atoms with E-state index in [4.69, 9.17) is 5.73 Å². The first-order valence-electron chi connectivity index (χ1n) is 4.84. The number of carbonyl (C=O) groups excluding carboxylic acids is 1. The second-order valence-corrected chi connectivity index (χ2v) is 3.37. The Morgan fingerprint density at radius 1 is 1.40 bits per heavy atom. The molecule has 1 heterocycles. The molecule has 0 aromatic carbocycles. The van der Waals surface area contributed by atoms with Crippen LogP contribution in [0.3, 0.4) is 0 Å². The number of nitrogens with two attached hydrogens (primary N) is 1. The number of aromatic nitrogens is 2. The standard InChI is InChI=1S/C10H16N4O/c1-7-10(8(2)14-6-13-7)5-12-4-9(15)3-11/h6,12H,3-5,11H2,1-2H3. The highest BCUT2D eigenvalue weighted by molar-refractivity contribution is 5.82. The van der Waals surface area contributed by atoms with Crippen LogP contribution in [0.2, 0.25) is 0 Å². The summed E-state index contributed by atoms with van der Waals surface area (Å²) in [4.78, 5) is 19.1. The van der Waals surface area contributed by atoms with Gasteiger partial charge in [0.15, 0.2) is 5.78 Å². The predicted octanol–water partition coefficient (Wildman–Crippen LogP) is -0.289. The molecule has 3 N–H and O–H groups in total. The number of rotatable bonds is 5. The van der Waals surface area contributed by atoms with Crippen LogP contribution in [-0.4, -0.2) is 28.8 Å². The summed E-state index contributed by atoms with van der Waals surface area (Å²) < 4.78 is 0. The lowest BCUT2D eigenvalue weighted by molar-refractivity contribution is -0.116. The molecule has 5 heteroatoms. The number of ketones is 1. The third kappa shape index (κ3) is 3.38. The fourth-order valence-electron chi connectivity index (χ4n) is 1.27. The summed E-state index contributed by atoms with van der Waals surface area (Å²) in [6.07, 6.45) is 1.54. The van der Waals surface area contributed by atoms with E-state index < -0.39 is 0 Å². The molecule has 0 amide bonds. The molecule has 5 nitrogen and oxygen atoms in total. The maximum atomic E-state index is 11.0. The zero-order valence-corrected chi connectivity index (χ0v) is 9.08. The molecule has 1 aromatic heterocycles. The van der Waals surface area contributed by atoms with E-state index in [1.54, 1.807) is 6.33 Å². The van der Waals surface area contributed by atoms with Gasteiger partial charge in [-0.25, -0.2) is 9.97 Å². The number of carbonyl (C=O) groups is 1. The van der Waals surface area contributed by atoms with E-state index in [0.29, 0.717) is 13.1 Å². The molecule has 0 aliphatic carbocycles. The van der Waals surface area contributed by atoms with Crippen molar-refractivity contribution < 1.29 is 4.79 Å². The number of hydrogen-bond donors (Lipinski definition) is 2. The molecule has 0 aliphatic heterocycles. The molecule has 0 aliphatic rings. The average molecular weight is 208 g/mol. The summed E-state index contributed by atoms with van der Waals surface area (Å²) in [5.74, 6) is 0.00200. The number of Topliss-reactive ketones (excluding diaryl/α,β-unsaturated/α-hetero) is 1. The van der Waals surface area contributed by atoms with Crippen molar-refractivity contribution in [1.29, 1.82) is 0 Å². The van der Waals surface area contributed by atoms with Crippen LogP contribution in [-0.2, 0) is 11.3 Å². The van der Waals surface area contributed by atoms with Gasteiger partial charge in [0.2, 0.25) is 0 Å². The Kier molecular flexibility index (Phi) is 4.33. The third-order valence-electron chi connectivity index (χ3n) is 2.23. The van der Waals surface area contributed by atoms with Gasteiger partial charge in [-0.1, -0.05) is 0 Å². The molecule has 0 fully saturated rings. The lowest BCUT2D eigenvalue weighted by Crippen LogP contribution is -2.28. The summed E-state index contributed by atoms with van der Waals surface area (Å²) in [7, 11) is 0. The van der Waals surface area contributed by atoms with E-state index in [1.165, 1.54) is 0 Å². The Hall–Kier alpha value is -1.33. The van der Waals surface area contributed by atoms with Gasteiger partial charge in [0.25, 0.3) is 0 Å². The number of hydrogen-bond acceptors (Lipinski definition) is 5. The maximum absolute atomic E-state index is 11.0. The van der Waals surface area contributed by atoms with Crippen molar-refractivity contribution >= 4 is 5.78 Å². The van der Waals surface area contributed by atoms with Crippen LogP contribution in [0.4, 0.5) is 0 Å². The largest absolute Gasteiger partial charge is 0.324 e. The van der Waals surface area contributed by atoms with Gasteiger partial charge in [-0.2, -0.15) is 0 Å². The van der Waals surface area contributed by atoms with Gasteiger partial charge in [-0.05, 0) is 13.8 Å². The van der Waals surface area contributed by atoms with E-state index in [1.807, 2.05) is 13.8 Å². The quantitative estimate of drug-likeness (QED) is 0.695. The molecule has 0 radical (unpaired) electrons. The molecule has 1 aromatic rings. The van der Waals surface area contributed by atoms with Gasteiger partial charge in [-0.3, -0.25) is 4.79 Å². The van der Waals surface area contributed by atoms with Gasteiger partial charge in [0.05, 0.1) is 13.1 Å². The van der Waals surface area contributed by atoms with Crippen LogP contribution < -0.4 is 11.1 Å². The highest BCUT2D eigenvalue weighted by Crippen LogP contribution is 2.06. The Labute approximate surface area is 89.1 Å². The lowest BCUT2D eigenvalue weighted by Gasteiger charge is -2.08. The third-order valence-corrected chi connectivity index (χ3v) is 2.23. The fraction of sp³-hybridized carbons (Fsp3) is 0.500. The summed E-state index contributed by atoms with van der Waals surface area (Å²) in [5, 5.41) is 3.02. The van der Waals surface area contributed by atoms with E-state index >= 15 is 0 Å². The Morgan fingerprint density at radius 3 is 2.53 bits per heavy atom. The second kappa shape index (κ2) is 5.53. The van der Waals surface area contributed by atoms with Gasteiger partial charge in [0.1, 0.15) is 6.33 Å². The van der Waals surface area contributed by atoms with E-state index in [9.17, 15) is 4.79 Å². The number of nitrogens with one attached hydrogen (secondary N) is 1. The zero-order chi connectivity index (χ0) is 11.3. The monoisotopic (exact) mass is 208 g/mol. The van der Waals surface area contributed by atoms with Crippen molar-refractivity contribution in [2.45, 2.75) is 20.4 Å². The maximum Gasteiger partial charge on any atom is 0.160 e. The lowest BCUT2D eigenvalue weighted by atomic mass is 10.2. The smallest absolute Gasteiger partial charge is 0.160 e. The topological polar surface area (TPSA) is 80.9 Å². The van der Waals surface area contributed by atoms with Gasteiger partial charge >= 0.3 is 0 Å². The zero-order valence-electron chi connectivity index (χ0n) is 9.08. The summed E-state index contributed by atoms with van der Waals surface area (Å²) in [5.41, 5.74) is 8.12. The molecule has 15 heavy (non-hydrogen) atoms. The Morgan fingerprint density at radius 2 is 2.00 bits per heavy atom. The predicted molar refractivity (Wildman–Crippen MR) is 57.3 cm³/mol. The van der Waals surface area contributed by atoms with Crippen LogP contribution >= 0.6 is 0 Å². The molecule has 0 saturated carbocycles. The van der Waals surface area contributed by atoms with E-state index in [0.717, 1.165) is 17.0 Å². The van der Waals surface area contributed by atoms with Gasteiger partial charge in [0, 0.05) is 23.5 Å². The van der Waals surface area contributed by atoms with Crippen molar-refractivity contribution in [3.05, 3.63) is 23.3 Å². The van der Waals surface area contributed by atoms with E-state index in [-0.39, 0.29) is 12.3 Å². The minimum atomic E-state index is 0.00200. The highest BCUT2D eigenvalue weighted by Gasteiger charge is 2.04. The summed E-state index contributed by atoms with van der Waals surface area (Å²) in [6.45, 7) is 4.83. The first-order chi connectivity index (χ1) is 7.15. The van der Waals surface area contributed by atoms with Crippen LogP contribution in [0, 0.1) is 13.8 Å². The Bertz CT molecular complexity index is 331. The fourth-order valence-corrected chi connectivity index (χ4v) is 1.27. The SMILES string of the molecule is Cc1ncnc(C)c1CNCC(=O)CN. The Balaban J connectivity index is 2.54. The summed E-state index contributed by atoms with van der Waals surface area (Å²) >= 11 is 0. The first-order valence-corrected chi connectivity index (χ1v) is 4.84. The van der Waals surface area contributed by atoms with Crippen LogP contribution in [0.5, 0.6) is 0 Å². The summed E-state index contributed by atoms with van der Waals surface area (Å²) in [6, 6.07) is 0. The number of nitrogens with zero attached hydrogens (tertiary/aromatic N) is 2. The molecule has 0 unspecified atom stereocenters. The molecule has 1 rings (SSSR count). The number of aryl methyl sites for hydroxylation is 2. The van der Waals surface area contributed by atoms with Crippen molar-refractivity contribution in [2.24, 2.45) is 5.73 Å². The second-order valence-electron chi connectivity index (χ2n) is 3.37. The normalized spacial score (nSPS) is 10.3.